The van der Waals surface area contributed by atoms with Gasteiger partial charge in [-0.3, -0.25) is 10.1 Å². The van der Waals surface area contributed by atoms with Crippen LogP contribution in [0.5, 0.6) is 11.5 Å². The fourth-order valence-electron chi connectivity index (χ4n) is 3.85. The van der Waals surface area contributed by atoms with Crippen molar-refractivity contribution in [3.05, 3.63) is 59.3 Å². The maximum absolute atomic E-state index is 11.8. The zero-order valence-electron chi connectivity index (χ0n) is 16.0. The molecule has 6 heteroatoms. The van der Waals surface area contributed by atoms with Gasteiger partial charge in [0.15, 0.2) is 11.5 Å². The summed E-state index contributed by atoms with van der Waals surface area (Å²) in [7, 11) is 1.61. The number of benzene rings is 2. The number of hydrogen-bond acceptors (Lipinski definition) is 4. The molecule has 0 radical (unpaired) electrons. The summed E-state index contributed by atoms with van der Waals surface area (Å²) in [5.41, 5.74) is 4.00. The number of methoxy groups -OCH3 is 1. The average Bonchev–Trinajstić information content (AvgIpc) is 3.10. The molecule has 2 unspecified atom stereocenters. The maximum atomic E-state index is 11.8. The fraction of sp³-hybridized carbons (Fsp3) is 0.318. The first-order chi connectivity index (χ1) is 13.6. The fourth-order valence-corrected chi connectivity index (χ4v) is 3.85. The Morgan fingerprint density at radius 3 is 2.79 bits per heavy atom. The predicted molar refractivity (Wildman–Crippen MR) is 107 cm³/mol. The number of hydrogen-bond donors (Lipinski definition) is 3. The molecule has 1 aliphatic heterocycles. The van der Waals surface area contributed by atoms with E-state index in [1.807, 2.05) is 42.5 Å². The van der Waals surface area contributed by atoms with Crippen LogP contribution in [-0.4, -0.2) is 35.8 Å². The monoisotopic (exact) mass is 380 g/mol. The highest BCUT2D eigenvalue weighted by atomic mass is 16.5. The number of fused-ring (bicyclic) bond motifs is 3. The molecule has 3 N–H and O–H groups in total. The van der Waals surface area contributed by atoms with Gasteiger partial charge in [0, 0.05) is 23.0 Å². The van der Waals surface area contributed by atoms with E-state index in [9.17, 15) is 9.90 Å². The Kier molecular flexibility index (Phi) is 4.96. The first-order valence-electron chi connectivity index (χ1n) is 9.51. The number of carbonyl (C=O) groups is 1. The molecule has 146 valence electrons. The Bertz CT molecular complexity index is 1010. The van der Waals surface area contributed by atoms with Gasteiger partial charge in [0.25, 0.3) is 0 Å². The summed E-state index contributed by atoms with van der Waals surface area (Å²) < 4.78 is 11.3. The van der Waals surface area contributed by atoms with Crippen molar-refractivity contribution >= 4 is 16.9 Å². The number of carboxylic acids is 1. The van der Waals surface area contributed by atoms with Gasteiger partial charge in [-0.25, -0.2) is 0 Å². The molecule has 6 nitrogen and oxygen atoms in total. The molecule has 2 atom stereocenters. The highest BCUT2D eigenvalue weighted by Crippen LogP contribution is 2.38. The normalized spacial score (nSPS) is 18.6. The van der Waals surface area contributed by atoms with Crippen LogP contribution in [0.1, 0.15) is 36.2 Å². The Morgan fingerprint density at radius 1 is 1.21 bits per heavy atom. The summed E-state index contributed by atoms with van der Waals surface area (Å²) in [6.07, 6.45) is 1.35. The van der Waals surface area contributed by atoms with Gasteiger partial charge >= 0.3 is 5.97 Å². The van der Waals surface area contributed by atoms with Crippen LogP contribution in [0.15, 0.2) is 42.5 Å². The smallest absolute Gasteiger partial charge is 0.321 e. The molecule has 0 saturated carbocycles. The van der Waals surface area contributed by atoms with Gasteiger partial charge in [0.1, 0.15) is 6.04 Å². The molecule has 2 aromatic carbocycles. The second-order valence-corrected chi connectivity index (χ2v) is 7.02. The highest BCUT2D eigenvalue weighted by Gasteiger charge is 2.34. The van der Waals surface area contributed by atoms with Gasteiger partial charge < -0.3 is 19.6 Å². The molecular weight excluding hydrogens is 356 g/mol. The molecule has 0 amide bonds. The van der Waals surface area contributed by atoms with E-state index in [-0.39, 0.29) is 6.04 Å². The van der Waals surface area contributed by atoms with Crippen molar-refractivity contribution in [1.29, 1.82) is 0 Å². The number of carboxylic acid groups (broad SMARTS) is 1. The van der Waals surface area contributed by atoms with Crippen molar-refractivity contribution in [3.63, 3.8) is 0 Å². The number of rotatable bonds is 6. The number of para-hydroxylation sites is 1. The Balaban J connectivity index is 1.79. The summed E-state index contributed by atoms with van der Waals surface area (Å²) >= 11 is 0. The van der Waals surface area contributed by atoms with E-state index >= 15 is 0 Å². The zero-order chi connectivity index (χ0) is 19.7. The van der Waals surface area contributed by atoms with Crippen LogP contribution in [0.25, 0.3) is 10.9 Å². The van der Waals surface area contributed by atoms with Crippen LogP contribution >= 0.6 is 0 Å². The lowest BCUT2D eigenvalue weighted by Gasteiger charge is -2.30. The second-order valence-electron chi connectivity index (χ2n) is 7.02. The molecule has 1 aliphatic rings. The van der Waals surface area contributed by atoms with E-state index in [0.717, 1.165) is 34.1 Å². The van der Waals surface area contributed by atoms with Gasteiger partial charge in [-0.15, -0.1) is 0 Å². The molecule has 28 heavy (non-hydrogen) atoms. The van der Waals surface area contributed by atoms with Crippen LogP contribution < -0.4 is 14.8 Å². The van der Waals surface area contributed by atoms with E-state index in [4.69, 9.17) is 9.47 Å². The van der Waals surface area contributed by atoms with Crippen molar-refractivity contribution in [2.24, 2.45) is 0 Å². The van der Waals surface area contributed by atoms with E-state index < -0.39 is 12.0 Å². The average molecular weight is 380 g/mol. The van der Waals surface area contributed by atoms with Crippen molar-refractivity contribution in [2.45, 2.75) is 31.8 Å². The Morgan fingerprint density at radius 2 is 2.04 bits per heavy atom. The van der Waals surface area contributed by atoms with Crippen molar-refractivity contribution in [2.75, 3.05) is 13.7 Å². The molecule has 4 rings (SSSR count). The van der Waals surface area contributed by atoms with Crippen LogP contribution in [0, 0.1) is 0 Å². The third-order valence-electron chi connectivity index (χ3n) is 5.19. The molecule has 0 saturated heterocycles. The standard InChI is InChI=1S/C22H24N2O4/c1-3-10-28-18-9-8-13(11-19(18)27-2)20-21-15(12-17(24-20)22(25)26)14-6-4-5-7-16(14)23-21/h4-9,11,17,20,23-24H,3,10,12H2,1-2H3,(H,25,26). The third kappa shape index (κ3) is 3.20. The van der Waals surface area contributed by atoms with Gasteiger partial charge in [-0.1, -0.05) is 31.2 Å². The molecule has 1 aromatic heterocycles. The van der Waals surface area contributed by atoms with Crippen LogP contribution in [0.2, 0.25) is 0 Å². The molecular formula is C22H24N2O4. The Labute approximate surface area is 163 Å². The molecule has 0 fully saturated rings. The van der Waals surface area contributed by atoms with Crippen molar-refractivity contribution in [3.8, 4) is 11.5 Å². The topological polar surface area (TPSA) is 83.6 Å². The van der Waals surface area contributed by atoms with Gasteiger partial charge in [-0.2, -0.15) is 0 Å². The number of H-pyrrole nitrogens is 1. The number of nitrogens with one attached hydrogen (secondary N) is 2. The zero-order valence-corrected chi connectivity index (χ0v) is 16.0. The summed E-state index contributed by atoms with van der Waals surface area (Å²) in [6, 6.07) is 12.9. The number of aliphatic carboxylic acids is 1. The molecule has 3 aromatic rings. The van der Waals surface area contributed by atoms with E-state index in [1.165, 1.54) is 0 Å². The lowest BCUT2D eigenvalue weighted by molar-refractivity contribution is -0.139. The van der Waals surface area contributed by atoms with E-state index in [2.05, 4.69) is 17.2 Å². The predicted octanol–water partition coefficient (Wildman–Crippen LogP) is 3.65. The summed E-state index contributed by atoms with van der Waals surface area (Å²) in [4.78, 5) is 15.3. The number of aromatic amines is 1. The maximum Gasteiger partial charge on any atom is 0.321 e. The SMILES string of the molecule is CCCOc1ccc(C2NC(C(=O)O)Cc3c2[nH]c2ccccc32)cc1OC. The summed E-state index contributed by atoms with van der Waals surface area (Å²) in [6.45, 7) is 2.67. The lowest BCUT2D eigenvalue weighted by Crippen LogP contribution is -2.44. The quantitative estimate of drug-likeness (QED) is 0.608. The van der Waals surface area contributed by atoms with Gasteiger partial charge in [0.2, 0.25) is 0 Å². The minimum Gasteiger partial charge on any atom is -0.493 e. The second kappa shape index (κ2) is 7.56. The van der Waals surface area contributed by atoms with Gasteiger partial charge in [0.05, 0.1) is 19.8 Å². The van der Waals surface area contributed by atoms with Crippen LogP contribution in [0.4, 0.5) is 0 Å². The third-order valence-corrected chi connectivity index (χ3v) is 5.19. The largest absolute Gasteiger partial charge is 0.493 e. The van der Waals surface area contributed by atoms with Crippen molar-refractivity contribution in [1.82, 2.24) is 10.3 Å². The molecule has 0 bridgehead atoms. The van der Waals surface area contributed by atoms with E-state index in [1.54, 1.807) is 7.11 Å². The minimum absolute atomic E-state index is 0.272. The van der Waals surface area contributed by atoms with Crippen LogP contribution in [0.3, 0.4) is 0 Å². The summed E-state index contributed by atoms with van der Waals surface area (Å²) in [5, 5.41) is 14.0. The highest BCUT2D eigenvalue weighted by molar-refractivity contribution is 5.87. The lowest BCUT2D eigenvalue weighted by atomic mass is 9.90. The Hall–Kier alpha value is -2.99. The first kappa shape index (κ1) is 18.4. The minimum atomic E-state index is -0.851. The van der Waals surface area contributed by atoms with Gasteiger partial charge in [-0.05, 0) is 35.7 Å². The number of aromatic nitrogens is 1. The summed E-state index contributed by atoms with van der Waals surface area (Å²) in [5.74, 6) is 0.481. The van der Waals surface area contributed by atoms with Crippen molar-refractivity contribution < 1.29 is 19.4 Å². The molecule has 0 spiro atoms. The first-order valence-corrected chi connectivity index (χ1v) is 9.51. The molecule has 0 aliphatic carbocycles. The number of ether oxygens (including phenoxy) is 2. The van der Waals surface area contributed by atoms with Crippen LogP contribution in [-0.2, 0) is 11.2 Å². The molecule has 2 heterocycles. The van der Waals surface area contributed by atoms with E-state index in [0.29, 0.717) is 24.5 Å².